The van der Waals surface area contributed by atoms with Crippen LogP contribution in [0.3, 0.4) is 0 Å². The molecule has 1 aliphatic heterocycles. The lowest BCUT2D eigenvalue weighted by Crippen LogP contribution is -1.99. The Labute approximate surface area is 106 Å². The molecule has 0 radical (unpaired) electrons. The van der Waals surface area contributed by atoms with Crippen molar-refractivity contribution >= 4 is 29.7 Å². The molecule has 0 saturated carbocycles. The molecule has 0 aromatic heterocycles. The van der Waals surface area contributed by atoms with Crippen LogP contribution in [0.5, 0.6) is 11.5 Å². The van der Waals surface area contributed by atoms with Crippen LogP contribution in [0, 0.1) is 0 Å². The Balaban J connectivity index is 2.09. The number of aliphatic imine (C=N–C) groups is 1. The minimum atomic E-state index is -3.43. The van der Waals surface area contributed by atoms with Gasteiger partial charge in [-0.2, -0.15) is 0 Å². The zero-order valence-electron chi connectivity index (χ0n) is 8.50. The fourth-order valence-electron chi connectivity index (χ4n) is 1.23. The Hall–Kier alpha value is -1.34. The van der Waals surface area contributed by atoms with Crippen LogP contribution in [-0.4, -0.2) is 24.1 Å². The number of halogens is 1. The lowest BCUT2D eigenvalue weighted by Gasteiger charge is -2.06. The van der Waals surface area contributed by atoms with E-state index in [1.165, 1.54) is 6.07 Å². The van der Waals surface area contributed by atoms with Gasteiger partial charge in [-0.1, -0.05) is 12.1 Å². The minimum absolute atomic E-state index is 0.00278. The molecule has 0 fully saturated rings. The van der Waals surface area contributed by atoms with Crippen molar-refractivity contribution in [3.8, 4) is 11.5 Å². The SMILES string of the molecule is O=S1(=O)C=C(COc2ccccc2O)N=C1Br. The third kappa shape index (κ3) is 2.67. The highest BCUT2D eigenvalue weighted by Crippen LogP contribution is 2.26. The quantitative estimate of drug-likeness (QED) is 0.922. The largest absolute Gasteiger partial charge is 0.504 e. The summed E-state index contributed by atoms with van der Waals surface area (Å²) in [5.74, 6) is 0.279. The lowest BCUT2D eigenvalue weighted by atomic mass is 10.3. The van der Waals surface area contributed by atoms with Gasteiger partial charge in [0, 0.05) is 0 Å². The normalized spacial score (nSPS) is 17.5. The standard InChI is InChI=1S/C10H8BrNO4S/c11-10-12-7(6-17(10,14)15)5-16-9-4-2-1-3-8(9)13/h1-4,6,13H,5H2. The Morgan fingerprint density at radius 3 is 2.65 bits per heavy atom. The number of nitrogens with zero attached hydrogens (tertiary/aromatic N) is 1. The Morgan fingerprint density at radius 2 is 2.06 bits per heavy atom. The number of phenols is 1. The number of para-hydroxylation sites is 2. The van der Waals surface area contributed by atoms with Gasteiger partial charge in [0.05, 0.1) is 11.1 Å². The summed E-state index contributed by atoms with van der Waals surface area (Å²) in [6.45, 7) is -0.0219. The average Bonchev–Trinajstić information content (AvgIpc) is 2.52. The van der Waals surface area contributed by atoms with Crippen LogP contribution in [0.15, 0.2) is 40.4 Å². The molecule has 2 rings (SSSR count). The first-order valence-electron chi connectivity index (χ1n) is 4.60. The van der Waals surface area contributed by atoms with E-state index < -0.39 is 9.84 Å². The monoisotopic (exact) mass is 317 g/mol. The van der Waals surface area contributed by atoms with Gasteiger partial charge in [0.15, 0.2) is 11.5 Å². The molecule has 5 nitrogen and oxygen atoms in total. The van der Waals surface area contributed by atoms with Gasteiger partial charge in [0.25, 0.3) is 0 Å². The minimum Gasteiger partial charge on any atom is -0.504 e. The molecule has 0 amide bonds. The van der Waals surface area contributed by atoms with Crippen molar-refractivity contribution in [2.45, 2.75) is 0 Å². The van der Waals surface area contributed by atoms with E-state index in [-0.39, 0.29) is 27.8 Å². The Bertz CT molecular complexity index is 606. The zero-order chi connectivity index (χ0) is 12.5. The average molecular weight is 318 g/mol. The predicted octanol–water partition coefficient (Wildman–Crippen LogP) is 1.79. The van der Waals surface area contributed by atoms with Crippen molar-refractivity contribution in [1.82, 2.24) is 0 Å². The van der Waals surface area contributed by atoms with Crippen LogP contribution in [0.2, 0.25) is 0 Å². The molecule has 0 saturated heterocycles. The lowest BCUT2D eigenvalue weighted by molar-refractivity contribution is 0.327. The molecular weight excluding hydrogens is 310 g/mol. The molecule has 17 heavy (non-hydrogen) atoms. The molecule has 0 atom stereocenters. The maximum atomic E-state index is 11.3. The summed E-state index contributed by atoms with van der Waals surface area (Å²) in [6, 6.07) is 6.43. The van der Waals surface area contributed by atoms with E-state index in [0.29, 0.717) is 0 Å². The van der Waals surface area contributed by atoms with Crippen molar-refractivity contribution in [1.29, 1.82) is 0 Å². The highest BCUT2D eigenvalue weighted by Gasteiger charge is 2.22. The van der Waals surface area contributed by atoms with Gasteiger partial charge in [-0.3, -0.25) is 0 Å². The van der Waals surface area contributed by atoms with Crippen molar-refractivity contribution in [3.05, 3.63) is 35.4 Å². The van der Waals surface area contributed by atoms with Crippen molar-refractivity contribution in [3.63, 3.8) is 0 Å². The highest BCUT2D eigenvalue weighted by atomic mass is 79.9. The summed E-state index contributed by atoms with van der Waals surface area (Å²) in [7, 11) is -3.43. The first-order valence-corrected chi connectivity index (χ1v) is 6.93. The molecule has 0 unspecified atom stereocenters. The Morgan fingerprint density at radius 1 is 1.35 bits per heavy atom. The van der Waals surface area contributed by atoms with Crippen molar-refractivity contribution in [2.24, 2.45) is 4.99 Å². The van der Waals surface area contributed by atoms with Crippen molar-refractivity contribution < 1.29 is 18.3 Å². The maximum absolute atomic E-state index is 11.3. The molecule has 0 bridgehead atoms. The molecule has 7 heteroatoms. The topological polar surface area (TPSA) is 76.0 Å². The molecular formula is C10H8BrNO4S. The van der Waals surface area contributed by atoms with Crippen LogP contribution in [-0.2, 0) is 9.84 Å². The molecule has 0 aliphatic carbocycles. The van der Waals surface area contributed by atoms with Crippen LogP contribution in [0.4, 0.5) is 0 Å². The summed E-state index contributed by atoms with van der Waals surface area (Å²) >= 11 is 2.85. The molecule has 1 aliphatic rings. The van der Waals surface area contributed by atoms with E-state index >= 15 is 0 Å². The van der Waals surface area contributed by atoms with Gasteiger partial charge in [-0.25, -0.2) is 13.4 Å². The fraction of sp³-hybridized carbons (Fsp3) is 0.100. The van der Waals surface area contributed by atoms with Gasteiger partial charge in [-0.05, 0) is 28.1 Å². The fourth-order valence-corrected chi connectivity index (χ4v) is 2.56. The highest BCUT2D eigenvalue weighted by molar-refractivity contribution is 9.21. The number of ether oxygens (including phenoxy) is 1. The number of hydrogen-bond donors (Lipinski definition) is 1. The molecule has 90 valence electrons. The van der Waals surface area contributed by atoms with Crippen LogP contribution in [0.1, 0.15) is 0 Å². The van der Waals surface area contributed by atoms with E-state index in [0.717, 1.165) is 5.41 Å². The number of phenolic OH excluding ortho intramolecular Hbond substituents is 1. The summed E-state index contributed by atoms with van der Waals surface area (Å²) in [6.07, 6.45) is 0. The van der Waals surface area contributed by atoms with Gasteiger partial charge < -0.3 is 9.84 Å². The molecule has 1 aromatic carbocycles. The third-order valence-electron chi connectivity index (χ3n) is 2.00. The second kappa shape index (κ2) is 4.50. The van der Waals surface area contributed by atoms with Crippen LogP contribution >= 0.6 is 15.9 Å². The second-order valence-electron chi connectivity index (χ2n) is 3.28. The number of benzene rings is 1. The van der Waals surface area contributed by atoms with Crippen LogP contribution in [0.25, 0.3) is 0 Å². The second-order valence-corrected chi connectivity index (χ2v) is 6.26. The first kappa shape index (κ1) is 12.1. The Kier molecular flexibility index (Phi) is 3.21. The van der Waals surface area contributed by atoms with E-state index in [1.807, 2.05) is 0 Å². The van der Waals surface area contributed by atoms with Crippen LogP contribution < -0.4 is 4.74 Å². The van der Waals surface area contributed by atoms with E-state index in [4.69, 9.17) is 4.74 Å². The zero-order valence-corrected chi connectivity index (χ0v) is 10.9. The predicted molar refractivity (Wildman–Crippen MR) is 67.0 cm³/mol. The summed E-state index contributed by atoms with van der Waals surface area (Å²) < 4.78 is 27.7. The molecule has 1 aromatic rings. The van der Waals surface area contributed by atoms with Gasteiger partial charge >= 0.3 is 0 Å². The summed E-state index contributed by atoms with van der Waals surface area (Å²) in [4.78, 5) is 3.79. The van der Waals surface area contributed by atoms with Gasteiger partial charge in [0.1, 0.15) is 6.61 Å². The molecule has 1 heterocycles. The maximum Gasteiger partial charge on any atom is 0.225 e. The number of rotatable bonds is 3. The van der Waals surface area contributed by atoms with Gasteiger partial charge in [-0.15, -0.1) is 0 Å². The first-order chi connectivity index (χ1) is 7.99. The number of aromatic hydroxyl groups is 1. The van der Waals surface area contributed by atoms with Gasteiger partial charge in [0.2, 0.25) is 13.8 Å². The van der Waals surface area contributed by atoms with E-state index in [9.17, 15) is 13.5 Å². The van der Waals surface area contributed by atoms with Crippen molar-refractivity contribution in [2.75, 3.05) is 6.61 Å². The van der Waals surface area contributed by atoms with E-state index in [1.54, 1.807) is 18.2 Å². The molecule has 0 spiro atoms. The summed E-state index contributed by atoms with van der Waals surface area (Å²) in [5, 5.41) is 10.5. The summed E-state index contributed by atoms with van der Waals surface area (Å²) in [5.41, 5.74) is 0.278. The smallest absolute Gasteiger partial charge is 0.225 e. The van der Waals surface area contributed by atoms with E-state index in [2.05, 4.69) is 20.9 Å². The molecule has 1 N–H and O–H groups in total. The number of hydrogen-bond acceptors (Lipinski definition) is 5. The third-order valence-corrected chi connectivity index (χ3v) is 4.67. The number of sulfone groups is 1.